The lowest BCUT2D eigenvalue weighted by molar-refractivity contribution is -0.0522. The van der Waals surface area contributed by atoms with E-state index in [0.717, 1.165) is 24.8 Å². The monoisotopic (exact) mass is 276 g/mol. The van der Waals surface area contributed by atoms with Gasteiger partial charge < -0.3 is 0 Å². The summed E-state index contributed by atoms with van der Waals surface area (Å²) >= 11 is -0.366. The van der Waals surface area contributed by atoms with Crippen LogP contribution in [0.5, 0.6) is 0 Å². The van der Waals surface area contributed by atoms with E-state index in [1.807, 2.05) is 30.3 Å². The van der Waals surface area contributed by atoms with Gasteiger partial charge in [-0.3, -0.25) is 4.18 Å². The molecule has 1 aromatic carbocycles. The molecular formula is C13H15F3OS. The average Bonchev–Trinajstić information content (AvgIpc) is 2.38. The highest BCUT2D eigenvalue weighted by molar-refractivity contribution is 7.95. The second-order valence-corrected chi connectivity index (χ2v) is 5.33. The molecule has 0 amide bonds. The molecule has 1 fully saturated rings. The van der Waals surface area contributed by atoms with E-state index in [9.17, 15) is 13.2 Å². The molecule has 0 N–H and O–H groups in total. The molecule has 0 aliphatic heterocycles. The van der Waals surface area contributed by atoms with Crippen LogP contribution in [-0.4, -0.2) is 5.51 Å². The van der Waals surface area contributed by atoms with Crippen LogP contribution in [0.25, 0.3) is 0 Å². The predicted octanol–water partition coefficient (Wildman–Crippen LogP) is 5.03. The van der Waals surface area contributed by atoms with Gasteiger partial charge in [0.05, 0.1) is 0 Å². The van der Waals surface area contributed by atoms with E-state index in [1.165, 1.54) is 0 Å². The van der Waals surface area contributed by atoms with Gasteiger partial charge in [0.25, 0.3) is 0 Å². The number of rotatable bonds is 3. The summed E-state index contributed by atoms with van der Waals surface area (Å²) in [5, 5.41) is 0. The van der Waals surface area contributed by atoms with Gasteiger partial charge in [-0.15, -0.1) is 0 Å². The first-order valence-corrected chi connectivity index (χ1v) is 6.75. The Morgan fingerprint density at radius 1 is 1.00 bits per heavy atom. The Bertz CT molecular complexity index is 372. The van der Waals surface area contributed by atoms with E-state index >= 15 is 0 Å². The van der Waals surface area contributed by atoms with Gasteiger partial charge in [0, 0.05) is 0 Å². The fourth-order valence-corrected chi connectivity index (χ4v) is 2.93. The van der Waals surface area contributed by atoms with E-state index in [2.05, 4.69) is 0 Å². The zero-order valence-corrected chi connectivity index (χ0v) is 10.7. The highest BCUT2D eigenvalue weighted by Crippen LogP contribution is 2.46. The van der Waals surface area contributed by atoms with Gasteiger partial charge in [-0.1, -0.05) is 49.6 Å². The molecule has 18 heavy (non-hydrogen) atoms. The van der Waals surface area contributed by atoms with Crippen molar-refractivity contribution in [2.45, 2.75) is 43.2 Å². The van der Waals surface area contributed by atoms with Crippen LogP contribution in [0.2, 0.25) is 0 Å². The number of hydrogen-bond donors (Lipinski definition) is 0. The zero-order valence-electron chi connectivity index (χ0n) is 9.87. The van der Waals surface area contributed by atoms with E-state index in [0.29, 0.717) is 12.8 Å². The van der Waals surface area contributed by atoms with Crippen LogP contribution in [0.1, 0.15) is 37.7 Å². The van der Waals surface area contributed by atoms with Crippen molar-refractivity contribution >= 4 is 12.0 Å². The van der Waals surface area contributed by atoms with Crippen LogP contribution >= 0.6 is 12.0 Å². The second kappa shape index (κ2) is 5.53. The molecule has 0 unspecified atom stereocenters. The molecule has 1 aliphatic carbocycles. The van der Waals surface area contributed by atoms with Crippen molar-refractivity contribution in [3.05, 3.63) is 35.9 Å². The fraction of sp³-hybridized carbons (Fsp3) is 0.538. The predicted molar refractivity (Wildman–Crippen MR) is 65.9 cm³/mol. The third-order valence-electron chi connectivity index (χ3n) is 3.26. The molecule has 2 rings (SSSR count). The van der Waals surface area contributed by atoms with Crippen molar-refractivity contribution in [3.8, 4) is 0 Å². The lowest BCUT2D eigenvalue weighted by Crippen LogP contribution is -2.31. The van der Waals surface area contributed by atoms with Gasteiger partial charge >= 0.3 is 5.51 Å². The molecule has 100 valence electrons. The van der Waals surface area contributed by atoms with Crippen molar-refractivity contribution in [2.75, 3.05) is 0 Å². The molecule has 0 bridgehead atoms. The first-order valence-electron chi connectivity index (χ1n) is 6.01. The van der Waals surface area contributed by atoms with Gasteiger partial charge in [-0.05, 0) is 18.4 Å². The smallest absolute Gasteiger partial charge is 0.296 e. The highest BCUT2D eigenvalue weighted by atomic mass is 32.2. The maximum atomic E-state index is 12.3. The molecule has 0 radical (unpaired) electrons. The molecule has 0 saturated heterocycles. The quantitative estimate of drug-likeness (QED) is 0.716. The van der Waals surface area contributed by atoms with Crippen LogP contribution in [-0.2, 0) is 9.78 Å². The van der Waals surface area contributed by atoms with Crippen molar-refractivity contribution in [1.82, 2.24) is 0 Å². The Balaban J connectivity index is 2.18. The van der Waals surface area contributed by atoms with Crippen LogP contribution in [0.15, 0.2) is 30.3 Å². The summed E-state index contributed by atoms with van der Waals surface area (Å²) in [7, 11) is 0. The first kappa shape index (κ1) is 13.7. The fourth-order valence-electron chi connectivity index (χ4n) is 2.41. The lowest BCUT2D eigenvalue weighted by atomic mass is 9.80. The van der Waals surface area contributed by atoms with E-state index in [4.69, 9.17) is 4.18 Å². The Morgan fingerprint density at radius 2 is 1.61 bits per heavy atom. The number of benzene rings is 1. The lowest BCUT2D eigenvalue weighted by Gasteiger charge is -2.36. The largest absolute Gasteiger partial charge is 0.468 e. The normalized spacial score (nSPS) is 19.7. The molecule has 1 aromatic rings. The van der Waals surface area contributed by atoms with Crippen molar-refractivity contribution < 1.29 is 17.4 Å². The van der Waals surface area contributed by atoms with Crippen LogP contribution in [0, 0.1) is 0 Å². The number of hydrogen-bond acceptors (Lipinski definition) is 2. The second-order valence-electron chi connectivity index (χ2n) is 4.53. The summed E-state index contributed by atoms with van der Waals surface area (Å²) in [6.45, 7) is 0. The van der Waals surface area contributed by atoms with Crippen LogP contribution < -0.4 is 0 Å². The van der Waals surface area contributed by atoms with Gasteiger partial charge in [-0.2, -0.15) is 13.2 Å². The van der Waals surface area contributed by atoms with Gasteiger partial charge in [-0.25, -0.2) is 0 Å². The minimum Gasteiger partial charge on any atom is -0.296 e. The molecule has 0 spiro atoms. The molecule has 0 atom stereocenters. The minimum atomic E-state index is -4.35. The molecule has 0 heterocycles. The standard InChI is InChI=1S/C13H15F3OS/c14-13(15,16)18-17-12(9-5-2-6-10-12)11-7-3-1-4-8-11/h1,3-4,7-8H,2,5-6,9-10H2. The number of halogens is 3. The van der Waals surface area contributed by atoms with Crippen LogP contribution in [0.4, 0.5) is 13.2 Å². The Hall–Kier alpha value is -0.680. The van der Waals surface area contributed by atoms with Crippen molar-refractivity contribution in [3.63, 3.8) is 0 Å². The van der Waals surface area contributed by atoms with Crippen LogP contribution in [0.3, 0.4) is 0 Å². The van der Waals surface area contributed by atoms with Gasteiger partial charge in [0.1, 0.15) is 17.6 Å². The van der Waals surface area contributed by atoms with E-state index < -0.39 is 11.1 Å². The third kappa shape index (κ3) is 3.42. The number of alkyl halides is 3. The summed E-state index contributed by atoms with van der Waals surface area (Å²) in [6.07, 6.45) is 4.19. The molecule has 1 aliphatic rings. The Kier molecular flexibility index (Phi) is 4.22. The Labute approximate surface area is 109 Å². The molecule has 1 saturated carbocycles. The average molecular weight is 276 g/mol. The maximum absolute atomic E-state index is 12.3. The summed E-state index contributed by atoms with van der Waals surface area (Å²) in [6, 6.07) is 9.24. The van der Waals surface area contributed by atoms with Crippen molar-refractivity contribution in [1.29, 1.82) is 0 Å². The Morgan fingerprint density at radius 3 is 2.17 bits per heavy atom. The molecule has 1 nitrogen and oxygen atoms in total. The maximum Gasteiger partial charge on any atom is 0.468 e. The summed E-state index contributed by atoms with van der Waals surface area (Å²) in [5.41, 5.74) is -4.28. The van der Waals surface area contributed by atoms with Crippen molar-refractivity contribution in [2.24, 2.45) is 0 Å². The topological polar surface area (TPSA) is 9.23 Å². The highest BCUT2D eigenvalue weighted by Gasteiger charge is 2.40. The molecule has 0 aromatic heterocycles. The third-order valence-corrected chi connectivity index (χ3v) is 3.85. The SMILES string of the molecule is FC(F)(F)SOC1(c2ccccc2)CCCCC1. The van der Waals surface area contributed by atoms with Gasteiger partial charge in [0.2, 0.25) is 0 Å². The zero-order chi connectivity index (χ0) is 13.1. The molecular weight excluding hydrogens is 261 g/mol. The minimum absolute atomic E-state index is 0.366. The summed E-state index contributed by atoms with van der Waals surface area (Å²) in [5.74, 6) is 0. The van der Waals surface area contributed by atoms with E-state index in [-0.39, 0.29) is 12.0 Å². The van der Waals surface area contributed by atoms with E-state index in [1.54, 1.807) is 0 Å². The summed E-state index contributed by atoms with van der Waals surface area (Å²) in [4.78, 5) is 0. The first-order chi connectivity index (χ1) is 8.52. The van der Waals surface area contributed by atoms with Gasteiger partial charge in [0.15, 0.2) is 0 Å². The summed E-state index contributed by atoms with van der Waals surface area (Å²) < 4.78 is 42.2. The molecule has 5 heteroatoms.